The van der Waals surface area contributed by atoms with Gasteiger partial charge in [0.05, 0.1) is 19.8 Å². The number of amides is 2. The number of carbonyl (C=O) groups excluding carboxylic acids is 2. The van der Waals surface area contributed by atoms with Crippen molar-refractivity contribution in [3.8, 4) is 0 Å². The van der Waals surface area contributed by atoms with Crippen molar-refractivity contribution in [1.29, 1.82) is 0 Å². The van der Waals surface area contributed by atoms with Crippen LogP contribution in [0.1, 0.15) is 49.2 Å². The quantitative estimate of drug-likeness (QED) is 0.595. The minimum absolute atomic E-state index is 0.0689. The zero-order valence-corrected chi connectivity index (χ0v) is 19.4. The lowest BCUT2D eigenvalue weighted by molar-refractivity contribution is -0.134. The van der Waals surface area contributed by atoms with Crippen LogP contribution >= 0.6 is 11.8 Å². The number of carbonyl (C=O) groups is 2. The van der Waals surface area contributed by atoms with Crippen molar-refractivity contribution in [3.05, 3.63) is 41.7 Å². The summed E-state index contributed by atoms with van der Waals surface area (Å²) in [4.78, 5) is 29.7. The van der Waals surface area contributed by atoms with Gasteiger partial charge in [-0.15, -0.1) is 10.2 Å². The third-order valence-corrected chi connectivity index (χ3v) is 7.21. The Labute approximate surface area is 193 Å². The first-order valence-corrected chi connectivity index (χ1v) is 12.3. The molecule has 2 amide bonds. The van der Waals surface area contributed by atoms with E-state index in [9.17, 15) is 9.59 Å². The second-order valence-electron chi connectivity index (χ2n) is 8.12. The highest BCUT2D eigenvalue weighted by molar-refractivity contribution is 8.00. The van der Waals surface area contributed by atoms with E-state index in [1.54, 1.807) is 0 Å². The lowest BCUT2D eigenvalue weighted by atomic mass is 10.1. The van der Waals surface area contributed by atoms with Crippen molar-refractivity contribution in [1.82, 2.24) is 24.6 Å². The Hall–Kier alpha value is -2.39. The summed E-state index contributed by atoms with van der Waals surface area (Å²) in [6, 6.07) is 9.83. The summed E-state index contributed by atoms with van der Waals surface area (Å²) in [5.74, 6) is 1.03. The number of nitrogens with zero attached hydrogens (tertiary/aromatic N) is 5. The number of thioether (sulfide) groups is 1. The van der Waals surface area contributed by atoms with E-state index in [0.29, 0.717) is 51.0 Å². The molecule has 9 heteroatoms. The van der Waals surface area contributed by atoms with Gasteiger partial charge in [0, 0.05) is 32.6 Å². The smallest absolute Gasteiger partial charge is 0.240 e. The molecule has 1 aromatic carbocycles. The van der Waals surface area contributed by atoms with Gasteiger partial charge in [0.25, 0.3) is 0 Å². The number of hydrogen-bond donors (Lipinski definition) is 0. The summed E-state index contributed by atoms with van der Waals surface area (Å²) in [5.41, 5.74) is 0.948. The van der Waals surface area contributed by atoms with Crippen LogP contribution in [-0.2, 0) is 27.4 Å². The number of likely N-dealkylation sites (tertiary alicyclic amines) is 1. The number of aromatic nitrogens is 3. The van der Waals surface area contributed by atoms with E-state index in [1.165, 1.54) is 11.8 Å². The second kappa shape index (κ2) is 11.0. The van der Waals surface area contributed by atoms with Crippen LogP contribution in [0.4, 0.5) is 0 Å². The lowest BCUT2D eigenvalue weighted by Gasteiger charge is -2.30. The highest BCUT2D eigenvalue weighted by Gasteiger charge is 2.30. The number of hydrogen-bond acceptors (Lipinski definition) is 6. The van der Waals surface area contributed by atoms with E-state index in [1.807, 2.05) is 51.6 Å². The van der Waals surface area contributed by atoms with Gasteiger partial charge in [-0.1, -0.05) is 48.5 Å². The molecule has 1 aromatic heterocycles. The van der Waals surface area contributed by atoms with Gasteiger partial charge in [0.15, 0.2) is 11.0 Å². The average molecular weight is 458 g/mol. The van der Waals surface area contributed by atoms with Crippen LogP contribution in [0.25, 0.3) is 0 Å². The van der Waals surface area contributed by atoms with Gasteiger partial charge in [0.1, 0.15) is 5.25 Å². The zero-order chi connectivity index (χ0) is 22.3. The molecule has 32 heavy (non-hydrogen) atoms. The molecule has 0 spiro atoms. The molecular weight excluding hydrogens is 426 g/mol. The first-order chi connectivity index (χ1) is 15.7. The molecule has 3 heterocycles. The van der Waals surface area contributed by atoms with Crippen molar-refractivity contribution < 1.29 is 14.3 Å². The Morgan fingerprint density at radius 1 is 1.09 bits per heavy atom. The molecule has 8 nitrogen and oxygen atoms in total. The summed E-state index contributed by atoms with van der Waals surface area (Å²) in [6.45, 7) is 6.29. The predicted molar refractivity (Wildman–Crippen MR) is 122 cm³/mol. The summed E-state index contributed by atoms with van der Waals surface area (Å²) in [7, 11) is 0. The Balaban J connectivity index is 1.56. The van der Waals surface area contributed by atoms with Crippen LogP contribution in [0.3, 0.4) is 0 Å². The number of ether oxygens (including phenoxy) is 1. The van der Waals surface area contributed by atoms with Gasteiger partial charge in [-0.05, 0) is 25.3 Å². The first kappa shape index (κ1) is 22.8. The SMILES string of the molecule is CCn1c(CN2CCCCCC2=O)nnc1SC(C(=O)N1CCOCC1)c1ccccc1. The maximum Gasteiger partial charge on any atom is 0.240 e. The van der Waals surface area contributed by atoms with E-state index in [-0.39, 0.29) is 11.8 Å². The minimum atomic E-state index is -0.406. The maximum atomic E-state index is 13.4. The fourth-order valence-corrected chi connectivity index (χ4v) is 5.36. The van der Waals surface area contributed by atoms with Gasteiger partial charge in [0.2, 0.25) is 11.8 Å². The van der Waals surface area contributed by atoms with Gasteiger partial charge >= 0.3 is 0 Å². The molecule has 1 unspecified atom stereocenters. The van der Waals surface area contributed by atoms with E-state index >= 15 is 0 Å². The Morgan fingerprint density at radius 2 is 1.88 bits per heavy atom. The van der Waals surface area contributed by atoms with E-state index < -0.39 is 5.25 Å². The highest BCUT2D eigenvalue weighted by Crippen LogP contribution is 2.36. The van der Waals surface area contributed by atoms with Crippen LogP contribution in [0.5, 0.6) is 0 Å². The molecule has 0 aliphatic carbocycles. The Morgan fingerprint density at radius 3 is 2.62 bits per heavy atom. The largest absolute Gasteiger partial charge is 0.378 e. The van der Waals surface area contributed by atoms with Crippen molar-refractivity contribution in [2.75, 3.05) is 32.8 Å². The molecule has 172 valence electrons. The monoisotopic (exact) mass is 457 g/mol. The molecule has 0 radical (unpaired) electrons. The fourth-order valence-electron chi connectivity index (χ4n) is 4.16. The highest BCUT2D eigenvalue weighted by atomic mass is 32.2. The van der Waals surface area contributed by atoms with Gasteiger partial charge in [-0.25, -0.2) is 0 Å². The van der Waals surface area contributed by atoms with Crippen LogP contribution in [0, 0.1) is 0 Å². The molecule has 0 bridgehead atoms. The molecule has 1 atom stereocenters. The van der Waals surface area contributed by atoms with Gasteiger partial charge in [-0.2, -0.15) is 0 Å². The molecule has 0 N–H and O–H groups in total. The van der Waals surface area contributed by atoms with E-state index in [4.69, 9.17) is 4.74 Å². The summed E-state index contributed by atoms with van der Waals surface area (Å²) in [5, 5.41) is 9.16. The van der Waals surface area contributed by atoms with Crippen molar-refractivity contribution in [3.63, 3.8) is 0 Å². The molecule has 2 saturated heterocycles. The third kappa shape index (κ3) is 5.32. The summed E-state index contributed by atoms with van der Waals surface area (Å²) >= 11 is 1.44. The third-order valence-electron chi connectivity index (χ3n) is 5.99. The number of morpholine rings is 1. The Kier molecular flexibility index (Phi) is 7.81. The van der Waals surface area contributed by atoms with Gasteiger partial charge in [-0.3, -0.25) is 9.59 Å². The number of benzene rings is 1. The van der Waals surface area contributed by atoms with Gasteiger partial charge < -0.3 is 19.1 Å². The van der Waals surface area contributed by atoms with E-state index in [2.05, 4.69) is 10.2 Å². The zero-order valence-electron chi connectivity index (χ0n) is 18.6. The summed E-state index contributed by atoms with van der Waals surface area (Å²) in [6.07, 6.45) is 3.68. The Bertz CT molecular complexity index is 914. The molecule has 4 rings (SSSR count). The lowest BCUT2D eigenvalue weighted by Crippen LogP contribution is -2.42. The van der Waals surface area contributed by atoms with Crippen LogP contribution in [0.2, 0.25) is 0 Å². The first-order valence-electron chi connectivity index (χ1n) is 11.5. The van der Waals surface area contributed by atoms with Crippen LogP contribution in [-0.4, -0.2) is 69.2 Å². The molecule has 2 aliphatic rings. The normalized spacial score (nSPS) is 18.5. The van der Waals surface area contributed by atoms with Crippen molar-refractivity contribution >= 4 is 23.6 Å². The molecule has 2 fully saturated rings. The molecule has 0 saturated carbocycles. The molecule has 2 aromatic rings. The summed E-state index contributed by atoms with van der Waals surface area (Å²) < 4.78 is 7.46. The fraction of sp³-hybridized carbons (Fsp3) is 0.565. The van der Waals surface area contributed by atoms with Crippen LogP contribution < -0.4 is 0 Å². The number of rotatable bonds is 7. The standard InChI is InChI=1S/C23H31N5O3S/c1-2-28-19(17-27-12-8-4-7-11-20(27)29)24-25-23(28)32-21(18-9-5-3-6-10-18)22(30)26-13-15-31-16-14-26/h3,5-6,9-10,21H,2,4,7-8,11-17H2,1H3. The minimum Gasteiger partial charge on any atom is -0.378 e. The van der Waals surface area contributed by atoms with E-state index in [0.717, 1.165) is 37.2 Å². The topological polar surface area (TPSA) is 80.6 Å². The van der Waals surface area contributed by atoms with Crippen molar-refractivity contribution in [2.24, 2.45) is 0 Å². The average Bonchev–Trinajstić information content (AvgIpc) is 3.11. The van der Waals surface area contributed by atoms with Crippen molar-refractivity contribution in [2.45, 2.75) is 56.1 Å². The molecular formula is C23H31N5O3S. The predicted octanol–water partition coefficient (Wildman–Crippen LogP) is 2.89. The molecule has 2 aliphatic heterocycles. The maximum absolute atomic E-state index is 13.4. The van der Waals surface area contributed by atoms with Crippen LogP contribution in [0.15, 0.2) is 35.5 Å². The second-order valence-corrected chi connectivity index (χ2v) is 9.19.